The summed E-state index contributed by atoms with van der Waals surface area (Å²) in [6.07, 6.45) is 1.06. The van der Waals surface area contributed by atoms with Crippen molar-refractivity contribution in [1.82, 2.24) is 0 Å². The van der Waals surface area contributed by atoms with E-state index in [0.717, 1.165) is 27.6 Å². The highest BCUT2D eigenvalue weighted by molar-refractivity contribution is 9.11. The Balaban J connectivity index is 1.99. The third kappa shape index (κ3) is 3.57. The molecule has 0 spiro atoms. The summed E-state index contributed by atoms with van der Waals surface area (Å²) >= 11 is 8.98. The van der Waals surface area contributed by atoms with Gasteiger partial charge in [-0.1, -0.05) is 6.07 Å². The molecule has 90 valence electrons. The molecule has 0 radical (unpaired) electrons. The van der Waals surface area contributed by atoms with Crippen LogP contribution in [0.2, 0.25) is 0 Å². The van der Waals surface area contributed by atoms with E-state index < -0.39 is 0 Å². The van der Waals surface area contributed by atoms with E-state index in [4.69, 9.17) is 0 Å². The van der Waals surface area contributed by atoms with Crippen LogP contribution in [0.5, 0.6) is 0 Å². The summed E-state index contributed by atoms with van der Waals surface area (Å²) in [7, 11) is 0. The van der Waals surface area contributed by atoms with Crippen LogP contribution in [0.1, 0.15) is 10.4 Å². The number of halogens is 2. The summed E-state index contributed by atoms with van der Waals surface area (Å²) in [6.45, 7) is 3.03. The molecule has 2 aromatic rings. The molecule has 1 aromatic carbocycles. The van der Waals surface area contributed by atoms with Gasteiger partial charge in [-0.25, -0.2) is 0 Å². The number of anilines is 1. The lowest BCUT2D eigenvalue weighted by molar-refractivity contribution is 1.04. The lowest BCUT2D eigenvalue weighted by atomic mass is 10.2. The monoisotopic (exact) mass is 373 g/mol. The predicted octanol–water partition coefficient (Wildman–Crippen LogP) is 5.24. The summed E-state index contributed by atoms with van der Waals surface area (Å²) in [4.78, 5) is 1.41. The number of benzene rings is 1. The van der Waals surface area contributed by atoms with E-state index in [9.17, 15) is 0 Å². The Labute approximate surface area is 123 Å². The average molecular weight is 375 g/mol. The van der Waals surface area contributed by atoms with Crippen molar-refractivity contribution < 1.29 is 0 Å². The lowest BCUT2D eigenvalue weighted by Crippen LogP contribution is -2.05. The molecular weight excluding hydrogens is 362 g/mol. The molecule has 0 aliphatic rings. The molecule has 1 nitrogen and oxygen atoms in total. The van der Waals surface area contributed by atoms with Crippen molar-refractivity contribution in [1.29, 1.82) is 0 Å². The maximum Gasteiger partial charge on any atom is 0.0629 e. The Bertz CT molecular complexity index is 471. The fourth-order valence-electron chi connectivity index (χ4n) is 1.63. The standard InChI is InChI=1S/C13H13Br2NS/c1-9-7-11(14)13(12(15)8-9)16-5-4-10-3-2-6-17-10/h2-3,6-8,16H,4-5H2,1H3. The van der Waals surface area contributed by atoms with Gasteiger partial charge in [0.25, 0.3) is 0 Å². The number of aryl methyl sites for hydroxylation is 1. The van der Waals surface area contributed by atoms with Crippen molar-refractivity contribution in [2.24, 2.45) is 0 Å². The van der Waals surface area contributed by atoms with E-state index in [-0.39, 0.29) is 0 Å². The molecule has 1 aromatic heterocycles. The molecule has 1 N–H and O–H groups in total. The molecule has 0 aliphatic carbocycles. The van der Waals surface area contributed by atoms with E-state index in [1.807, 2.05) is 0 Å². The molecule has 0 amide bonds. The third-order valence-corrected chi connectivity index (χ3v) is 4.63. The van der Waals surface area contributed by atoms with Crippen LogP contribution in [0.4, 0.5) is 5.69 Å². The van der Waals surface area contributed by atoms with Crippen molar-refractivity contribution >= 4 is 48.9 Å². The zero-order valence-electron chi connectivity index (χ0n) is 9.47. The van der Waals surface area contributed by atoms with Gasteiger partial charge in [0.15, 0.2) is 0 Å². The molecule has 0 unspecified atom stereocenters. The minimum atomic E-state index is 0.945. The van der Waals surface area contributed by atoms with Crippen LogP contribution in [0, 0.1) is 6.92 Å². The second kappa shape index (κ2) is 6.03. The van der Waals surface area contributed by atoms with Gasteiger partial charge in [-0.05, 0) is 74.3 Å². The second-order valence-corrected chi connectivity index (χ2v) is 6.60. The number of nitrogens with one attached hydrogen (secondary N) is 1. The molecule has 0 fully saturated rings. The molecule has 0 saturated heterocycles. The highest BCUT2D eigenvalue weighted by Crippen LogP contribution is 2.32. The highest BCUT2D eigenvalue weighted by Gasteiger charge is 2.05. The first-order chi connectivity index (χ1) is 8.16. The Hall–Kier alpha value is -0.320. The molecule has 0 atom stereocenters. The zero-order chi connectivity index (χ0) is 12.3. The normalized spacial score (nSPS) is 10.5. The Morgan fingerprint density at radius 1 is 1.24 bits per heavy atom. The van der Waals surface area contributed by atoms with E-state index in [2.05, 4.69) is 73.7 Å². The summed E-state index contributed by atoms with van der Waals surface area (Å²) in [5, 5.41) is 5.58. The van der Waals surface area contributed by atoms with E-state index >= 15 is 0 Å². The molecule has 0 saturated carbocycles. The van der Waals surface area contributed by atoms with Gasteiger partial charge in [0.05, 0.1) is 5.69 Å². The number of hydrogen-bond acceptors (Lipinski definition) is 2. The van der Waals surface area contributed by atoms with Crippen LogP contribution >= 0.6 is 43.2 Å². The molecule has 17 heavy (non-hydrogen) atoms. The Kier molecular flexibility index (Phi) is 4.65. The fourth-order valence-corrected chi connectivity index (χ4v) is 4.04. The molecule has 4 heteroatoms. The van der Waals surface area contributed by atoms with Crippen molar-refractivity contribution in [3.63, 3.8) is 0 Å². The van der Waals surface area contributed by atoms with E-state index in [1.54, 1.807) is 11.3 Å². The SMILES string of the molecule is Cc1cc(Br)c(NCCc2cccs2)c(Br)c1. The summed E-state index contributed by atoms with van der Waals surface area (Å²) in [5.74, 6) is 0. The maximum atomic E-state index is 3.59. The molecule has 1 heterocycles. The Morgan fingerprint density at radius 2 is 1.94 bits per heavy atom. The highest BCUT2D eigenvalue weighted by atomic mass is 79.9. The van der Waals surface area contributed by atoms with Crippen molar-refractivity contribution in [3.05, 3.63) is 49.0 Å². The molecule has 0 bridgehead atoms. The van der Waals surface area contributed by atoms with Crippen LogP contribution < -0.4 is 5.32 Å². The average Bonchev–Trinajstić information content (AvgIpc) is 2.74. The summed E-state index contributed by atoms with van der Waals surface area (Å²) < 4.78 is 2.21. The topological polar surface area (TPSA) is 12.0 Å². The minimum Gasteiger partial charge on any atom is -0.383 e. The smallest absolute Gasteiger partial charge is 0.0629 e. The lowest BCUT2D eigenvalue weighted by Gasteiger charge is -2.11. The summed E-state index contributed by atoms with van der Waals surface area (Å²) in [5.41, 5.74) is 2.37. The van der Waals surface area contributed by atoms with Gasteiger partial charge in [-0.3, -0.25) is 0 Å². The van der Waals surface area contributed by atoms with Crippen LogP contribution in [-0.4, -0.2) is 6.54 Å². The fraction of sp³-hybridized carbons (Fsp3) is 0.231. The van der Waals surface area contributed by atoms with Crippen molar-refractivity contribution in [2.75, 3.05) is 11.9 Å². The quantitative estimate of drug-likeness (QED) is 0.771. The number of thiophene rings is 1. The second-order valence-electron chi connectivity index (χ2n) is 3.86. The third-order valence-electron chi connectivity index (χ3n) is 2.44. The van der Waals surface area contributed by atoms with Crippen molar-refractivity contribution in [3.8, 4) is 0 Å². The van der Waals surface area contributed by atoms with E-state index in [1.165, 1.54) is 10.4 Å². The van der Waals surface area contributed by atoms with Crippen molar-refractivity contribution in [2.45, 2.75) is 13.3 Å². The van der Waals surface area contributed by atoms with Gasteiger partial charge in [-0.2, -0.15) is 0 Å². The maximum absolute atomic E-state index is 3.59. The van der Waals surface area contributed by atoms with Crippen LogP contribution in [0.25, 0.3) is 0 Å². The van der Waals surface area contributed by atoms with Gasteiger partial charge in [0, 0.05) is 20.4 Å². The van der Waals surface area contributed by atoms with Crippen LogP contribution in [-0.2, 0) is 6.42 Å². The first-order valence-electron chi connectivity index (χ1n) is 5.38. The molecule has 2 rings (SSSR count). The zero-order valence-corrected chi connectivity index (χ0v) is 13.5. The largest absolute Gasteiger partial charge is 0.383 e. The van der Waals surface area contributed by atoms with E-state index in [0.29, 0.717) is 0 Å². The van der Waals surface area contributed by atoms with Crippen LogP contribution in [0.15, 0.2) is 38.6 Å². The number of hydrogen-bond donors (Lipinski definition) is 1. The Morgan fingerprint density at radius 3 is 2.53 bits per heavy atom. The first-order valence-corrected chi connectivity index (χ1v) is 7.85. The first kappa shape index (κ1) is 13.1. The van der Waals surface area contributed by atoms with Gasteiger partial charge in [0.1, 0.15) is 0 Å². The predicted molar refractivity (Wildman–Crippen MR) is 83.1 cm³/mol. The molecule has 0 aliphatic heterocycles. The van der Waals surface area contributed by atoms with Crippen LogP contribution in [0.3, 0.4) is 0 Å². The van der Waals surface area contributed by atoms with Gasteiger partial charge < -0.3 is 5.32 Å². The van der Waals surface area contributed by atoms with Gasteiger partial charge in [-0.15, -0.1) is 11.3 Å². The minimum absolute atomic E-state index is 0.945. The van der Waals surface area contributed by atoms with Gasteiger partial charge in [0.2, 0.25) is 0 Å². The summed E-state index contributed by atoms with van der Waals surface area (Å²) in [6, 6.07) is 8.51. The number of rotatable bonds is 4. The van der Waals surface area contributed by atoms with Gasteiger partial charge >= 0.3 is 0 Å². The molecular formula is C13H13Br2NS.